The van der Waals surface area contributed by atoms with E-state index in [2.05, 4.69) is 0 Å². The molecule has 0 aliphatic rings. The molecule has 0 saturated heterocycles. The molecule has 0 aromatic heterocycles. The number of anilines is 1. The van der Waals surface area contributed by atoms with Crippen LogP contribution in [0.4, 0.5) is 5.69 Å². The standard InChI is InChI=1S/C30H31NO12S3/c1-38-27-17-23(19-10-13-22(14-11-19)41-44(3,32)33)29(39-2)30(43-46(5,36)37)28(27)20-12-15-25(26(16-20)42-45(4,34)35)40-18-21-8-6-7-9-24(21)31/h6-17H,18,31H2,1-5H3. The highest BCUT2D eigenvalue weighted by atomic mass is 32.2. The number of methoxy groups -OCH3 is 2. The zero-order valence-corrected chi connectivity index (χ0v) is 27.8. The van der Waals surface area contributed by atoms with Crippen LogP contribution in [0.5, 0.6) is 34.5 Å². The monoisotopic (exact) mass is 693 g/mol. The molecule has 4 aromatic carbocycles. The average Bonchev–Trinajstić information content (AvgIpc) is 2.94. The number of rotatable bonds is 13. The molecule has 0 amide bonds. The van der Waals surface area contributed by atoms with Crippen LogP contribution >= 0.6 is 0 Å². The summed E-state index contributed by atoms with van der Waals surface area (Å²) < 4.78 is 105. The molecule has 0 bridgehead atoms. The molecular weight excluding hydrogens is 663 g/mol. The summed E-state index contributed by atoms with van der Waals surface area (Å²) in [4.78, 5) is 0. The van der Waals surface area contributed by atoms with Crippen molar-refractivity contribution in [1.82, 2.24) is 0 Å². The second kappa shape index (κ2) is 13.4. The zero-order valence-electron chi connectivity index (χ0n) is 25.3. The topological polar surface area (TPSA) is 184 Å². The summed E-state index contributed by atoms with van der Waals surface area (Å²) in [5.41, 5.74) is 8.23. The first-order valence-corrected chi connectivity index (χ1v) is 18.6. The molecule has 13 nitrogen and oxygen atoms in total. The summed E-state index contributed by atoms with van der Waals surface area (Å²) in [5.74, 6) is -0.275. The van der Waals surface area contributed by atoms with E-state index in [0.717, 1.165) is 18.8 Å². The molecule has 0 heterocycles. The Balaban J connectivity index is 1.91. The Labute approximate surface area is 267 Å². The van der Waals surface area contributed by atoms with E-state index in [0.29, 0.717) is 22.4 Å². The van der Waals surface area contributed by atoms with E-state index in [1.165, 1.54) is 56.7 Å². The van der Waals surface area contributed by atoms with Gasteiger partial charge in [-0.25, -0.2) is 0 Å². The summed E-state index contributed by atoms with van der Waals surface area (Å²) in [5, 5.41) is 0. The van der Waals surface area contributed by atoms with Gasteiger partial charge in [0.25, 0.3) is 0 Å². The molecule has 0 atom stereocenters. The first-order valence-electron chi connectivity index (χ1n) is 13.2. The third-order valence-electron chi connectivity index (χ3n) is 6.18. The van der Waals surface area contributed by atoms with E-state index in [9.17, 15) is 25.3 Å². The lowest BCUT2D eigenvalue weighted by atomic mass is 9.96. The largest absolute Gasteiger partial charge is 0.496 e. The summed E-state index contributed by atoms with van der Waals surface area (Å²) in [6, 6.07) is 18.7. The highest BCUT2D eigenvalue weighted by Gasteiger charge is 2.27. The molecule has 4 aromatic rings. The van der Waals surface area contributed by atoms with Crippen molar-refractivity contribution >= 4 is 36.0 Å². The predicted molar refractivity (Wildman–Crippen MR) is 172 cm³/mol. The lowest BCUT2D eigenvalue weighted by Crippen LogP contribution is -2.10. The Bertz CT molecular complexity index is 2080. The van der Waals surface area contributed by atoms with Crippen molar-refractivity contribution in [2.45, 2.75) is 6.61 Å². The van der Waals surface area contributed by atoms with Gasteiger partial charge >= 0.3 is 30.4 Å². The van der Waals surface area contributed by atoms with Crippen LogP contribution in [0.15, 0.2) is 72.8 Å². The van der Waals surface area contributed by atoms with Gasteiger partial charge in [-0.15, -0.1) is 0 Å². The zero-order chi connectivity index (χ0) is 33.9. The van der Waals surface area contributed by atoms with Crippen LogP contribution in [0.1, 0.15) is 5.56 Å². The van der Waals surface area contributed by atoms with Crippen molar-refractivity contribution in [3.05, 3.63) is 78.4 Å². The predicted octanol–water partition coefficient (Wildman–Crippen LogP) is 4.21. The maximum Gasteiger partial charge on any atom is 0.306 e. The molecule has 0 spiro atoms. The van der Waals surface area contributed by atoms with Gasteiger partial charge in [0.15, 0.2) is 23.0 Å². The van der Waals surface area contributed by atoms with Crippen molar-refractivity contribution in [1.29, 1.82) is 0 Å². The number of nitrogen functional groups attached to an aromatic ring is 1. The molecular formula is C30H31NO12S3. The van der Waals surface area contributed by atoms with Gasteiger partial charge in [0.2, 0.25) is 0 Å². The van der Waals surface area contributed by atoms with Crippen LogP contribution in [0.25, 0.3) is 22.3 Å². The van der Waals surface area contributed by atoms with E-state index in [1.807, 2.05) is 0 Å². The Morgan fingerprint density at radius 3 is 1.78 bits per heavy atom. The number of nitrogens with two attached hydrogens (primary N) is 1. The summed E-state index contributed by atoms with van der Waals surface area (Å²) in [6.07, 6.45) is 2.62. The molecule has 0 saturated carbocycles. The van der Waals surface area contributed by atoms with Crippen LogP contribution in [0.3, 0.4) is 0 Å². The summed E-state index contributed by atoms with van der Waals surface area (Å²) in [6.45, 7) is -0.00552. The van der Waals surface area contributed by atoms with Gasteiger partial charge in [-0.1, -0.05) is 36.4 Å². The van der Waals surface area contributed by atoms with Gasteiger partial charge in [-0.2, -0.15) is 25.3 Å². The number of para-hydroxylation sites is 1. The van der Waals surface area contributed by atoms with Gasteiger partial charge in [-0.05, 0) is 47.5 Å². The Morgan fingerprint density at radius 1 is 0.609 bits per heavy atom. The van der Waals surface area contributed by atoms with Gasteiger partial charge in [0, 0.05) is 16.8 Å². The normalized spacial score (nSPS) is 11.8. The first kappa shape index (κ1) is 34.2. The van der Waals surface area contributed by atoms with Crippen molar-refractivity contribution < 1.29 is 52.0 Å². The quantitative estimate of drug-likeness (QED) is 0.155. The lowest BCUT2D eigenvalue weighted by molar-refractivity contribution is 0.297. The minimum atomic E-state index is -4.17. The molecule has 4 rings (SSSR count). The average molecular weight is 694 g/mol. The second-order valence-corrected chi connectivity index (χ2v) is 14.6. The van der Waals surface area contributed by atoms with Crippen LogP contribution in [0, 0.1) is 0 Å². The van der Waals surface area contributed by atoms with Crippen LogP contribution in [-0.2, 0) is 37.0 Å². The molecule has 2 N–H and O–H groups in total. The molecule has 46 heavy (non-hydrogen) atoms. The number of hydrogen-bond acceptors (Lipinski definition) is 13. The van der Waals surface area contributed by atoms with Crippen molar-refractivity contribution in [2.75, 3.05) is 38.7 Å². The molecule has 0 radical (unpaired) electrons. The fourth-order valence-corrected chi connectivity index (χ4v) is 5.77. The minimum Gasteiger partial charge on any atom is -0.496 e. The van der Waals surface area contributed by atoms with E-state index in [4.69, 9.17) is 32.5 Å². The summed E-state index contributed by atoms with van der Waals surface area (Å²) >= 11 is 0. The van der Waals surface area contributed by atoms with E-state index in [1.54, 1.807) is 30.3 Å². The maximum absolute atomic E-state index is 12.5. The first-order chi connectivity index (χ1) is 21.5. The fourth-order valence-electron chi connectivity index (χ4n) is 4.40. The van der Waals surface area contributed by atoms with Crippen molar-refractivity contribution in [3.8, 4) is 56.8 Å². The Hall–Kier alpha value is -4.67. The minimum absolute atomic E-state index is 0.00552. The molecule has 16 heteroatoms. The number of benzene rings is 4. The number of hydrogen-bond donors (Lipinski definition) is 1. The van der Waals surface area contributed by atoms with E-state index >= 15 is 0 Å². The summed E-state index contributed by atoms with van der Waals surface area (Å²) in [7, 11) is -9.34. The SMILES string of the molecule is COc1cc(-c2ccc(OS(C)(=O)=O)cc2)c(OC)c(OS(C)(=O)=O)c1-c1ccc(OCc2ccccc2N)c(OS(C)(=O)=O)c1. The van der Waals surface area contributed by atoms with Crippen molar-refractivity contribution in [3.63, 3.8) is 0 Å². The third kappa shape index (κ3) is 8.74. The van der Waals surface area contributed by atoms with Gasteiger partial charge in [0.05, 0.1) is 38.6 Å². The van der Waals surface area contributed by atoms with E-state index < -0.39 is 30.4 Å². The Kier molecular flexibility index (Phi) is 9.94. The molecule has 0 fully saturated rings. The van der Waals surface area contributed by atoms with Gasteiger partial charge in [-0.3, -0.25) is 0 Å². The smallest absolute Gasteiger partial charge is 0.306 e. The highest BCUT2D eigenvalue weighted by molar-refractivity contribution is 7.86. The maximum atomic E-state index is 12.5. The molecule has 0 unspecified atom stereocenters. The molecule has 246 valence electrons. The number of ether oxygens (including phenoxy) is 3. The van der Waals surface area contributed by atoms with Gasteiger partial charge < -0.3 is 32.5 Å². The van der Waals surface area contributed by atoms with Crippen molar-refractivity contribution in [2.24, 2.45) is 0 Å². The van der Waals surface area contributed by atoms with Crippen LogP contribution < -0.4 is 32.5 Å². The molecule has 0 aliphatic carbocycles. The molecule has 0 aliphatic heterocycles. The van der Waals surface area contributed by atoms with Crippen LogP contribution in [0.2, 0.25) is 0 Å². The fraction of sp³-hybridized carbons (Fsp3) is 0.200. The third-order valence-corrected chi connectivity index (χ3v) is 7.63. The highest BCUT2D eigenvalue weighted by Crippen LogP contribution is 2.52. The second-order valence-electron chi connectivity index (χ2n) is 9.90. The Morgan fingerprint density at radius 2 is 1.22 bits per heavy atom. The van der Waals surface area contributed by atoms with E-state index in [-0.39, 0.29) is 52.2 Å². The lowest BCUT2D eigenvalue weighted by Gasteiger charge is -2.21. The van der Waals surface area contributed by atoms with Gasteiger partial charge in [0.1, 0.15) is 18.1 Å². The van der Waals surface area contributed by atoms with Crippen LogP contribution in [-0.4, -0.2) is 58.2 Å².